The van der Waals surface area contributed by atoms with Crippen LogP contribution >= 0.6 is 11.8 Å². The van der Waals surface area contributed by atoms with Crippen LogP contribution in [0, 0.1) is 5.92 Å². The number of nitrogens with zero attached hydrogens (tertiary/aromatic N) is 2. The second-order valence-electron chi connectivity index (χ2n) is 7.03. The molecule has 2 atom stereocenters. The number of rotatable bonds is 6. The topological polar surface area (TPSA) is 76.0 Å². The molecule has 0 bridgehead atoms. The van der Waals surface area contributed by atoms with Crippen LogP contribution in [0.25, 0.3) is 0 Å². The number of fused-ring (bicyclic) bond motifs is 1. The van der Waals surface area contributed by atoms with E-state index in [-0.39, 0.29) is 34.6 Å². The van der Waals surface area contributed by atoms with Crippen molar-refractivity contribution >= 4 is 32.7 Å². The molecule has 0 radical (unpaired) electrons. The number of carbonyl (C=O) groups is 1. The minimum absolute atomic E-state index is 0.0612. The highest BCUT2D eigenvalue weighted by molar-refractivity contribution is 8.15. The van der Waals surface area contributed by atoms with Gasteiger partial charge in [0.05, 0.1) is 24.7 Å². The van der Waals surface area contributed by atoms with Gasteiger partial charge in [-0.25, -0.2) is 8.42 Å². The van der Waals surface area contributed by atoms with Crippen molar-refractivity contribution in [3.8, 4) is 5.75 Å². The standard InChI is InChI=1S/C19H26N2O4S2/c1-4-14(5-2)18(22)20-19-21(10-13-7-6-8-15(9-13)25-3)16-11-27(23,24)12-17(16)26-19/h6-9,14,16-17H,4-5,10-12H2,1-3H3/t16-,17+/m1/s1. The van der Waals surface area contributed by atoms with Crippen LogP contribution in [0.5, 0.6) is 5.75 Å². The maximum absolute atomic E-state index is 12.5. The second kappa shape index (κ2) is 8.22. The first-order valence-electron chi connectivity index (χ1n) is 9.26. The molecule has 1 aromatic carbocycles. The lowest BCUT2D eigenvalue weighted by molar-refractivity contribution is -0.121. The maximum atomic E-state index is 12.5. The summed E-state index contributed by atoms with van der Waals surface area (Å²) < 4.78 is 29.5. The van der Waals surface area contributed by atoms with Crippen molar-refractivity contribution < 1.29 is 17.9 Å². The summed E-state index contributed by atoms with van der Waals surface area (Å²) in [4.78, 5) is 18.9. The summed E-state index contributed by atoms with van der Waals surface area (Å²) in [6.07, 6.45) is 1.52. The fraction of sp³-hybridized carbons (Fsp3) is 0.579. The molecule has 2 saturated heterocycles. The first-order valence-corrected chi connectivity index (χ1v) is 12.0. The minimum atomic E-state index is -3.05. The zero-order chi connectivity index (χ0) is 19.6. The van der Waals surface area contributed by atoms with Gasteiger partial charge < -0.3 is 9.64 Å². The van der Waals surface area contributed by atoms with Crippen molar-refractivity contribution in [1.82, 2.24) is 4.90 Å². The van der Waals surface area contributed by atoms with E-state index in [0.29, 0.717) is 11.7 Å². The van der Waals surface area contributed by atoms with E-state index in [0.717, 1.165) is 24.2 Å². The average Bonchev–Trinajstić information content (AvgIpc) is 3.08. The lowest BCUT2D eigenvalue weighted by Crippen LogP contribution is -2.37. The van der Waals surface area contributed by atoms with Gasteiger partial charge in [0.1, 0.15) is 5.75 Å². The van der Waals surface area contributed by atoms with E-state index in [9.17, 15) is 13.2 Å². The summed E-state index contributed by atoms with van der Waals surface area (Å²) in [7, 11) is -1.43. The van der Waals surface area contributed by atoms with Gasteiger partial charge in [0, 0.05) is 17.7 Å². The molecule has 2 aliphatic rings. The van der Waals surface area contributed by atoms with E-state index in [2.05, 4.69) is 4.99 Å². The largest absolute Gasteiger partial charge is 0.497 e. The molecule has 1 amide bonds. The van der Waals surface area contributed by atoms with Crippen molar-refractivity contribution in [3.63, 3.8) is 0 Å². The predicted molar refractivity (Wildman–Crippen MR) is 109 cm³/mol. The van der Waals surface area contributed by atoms with Gasteiger partial charge in [-0.05, 0) is 30.5 Å². The Bertz CT molecular complexity index is 834. The van der Waals surface area contributed by atoms with Crippen molar-refractivity contribution in [2.24, 2.45) is 10.9 Å². The van der Waals surface area contributed by atoms with Crippen molar-refractivity contribution in [2.45, 2.75) is 44.5 Å². The number of amides is 1. The molecule has 8 heteroatoms. The Morgan fingerprint density at radius 2 is 2.07 bits per heavy atom. The van der Waals surface area contributed by atoms with Crippen LogP contribution in [0.15, 0.2) is 29.3 Å². The number of thioether (sulfide) groups is 1. The second-order valence-corrected chi connectivity index (χ2v) is 10.4. The fourth-order valence-corrected chi connectivity index (χ4v) is 7.57. The van der Waals surface area contributed by atoms with Gasteiger partial charge in [-0.3, -0.25) is 4.79 Å². The summed E-state index contributed by atoms with van der Waals surface area (Å²) in [5.74, 6) is 0.825. The molecule has 2 heterocycles. The third-order valence-corrected chi connectivity index (χ3v) is 8.45. The first-order chi connectivity index (χ1) is 12.9. The summed E-state index contributed by atoms with van der Waals surface area (Å²) in [6.45, 7) is 4.49. The number of ether oxygens (including phenoxy) is 1. The number of benzene rings is 1. The summed E-state index contributed by atoms with van der Waals surface area (Å²) in [5.41, 5.74) is 1.00. The Kier molecular flexibility index (Phi) is 6.15. The van der Waals surface area contributed by atoms with Gasteiger partial charge in [-0.15, -0.1) is 0 Å². The average molecular weight is 411 g/mol. The fourth-order valence-electron chi connectivity index (χ4n) is 3.61. The minimum Gasteiger partial charge on any atom is -0.497 e. The summed E-state index contributed by atoms with van der Waals surface area (Å²) >= 11 is 1.43. The van der Waals surface area contributed by atoms with Crippen LogP contribution < -0.4 is 4.74 Å². The molecule has 2 fully saturated rings. The molecule has 0 aliphatic carbocycles. The summed E-state index contributed by atoms with van der Waals surface area (Å²) in [5, 5.41) is 0.591. The Morgan fingerprint density at radius 1 is 1.33 bits per heavy atom. The molecule has 2 aliphatic heterocycles. The van der Waals surface area contributed by atoms with E-state index in [1.54, 1.807) is 7.11 Å². The van der Waals surface area contributed by atoms with Crippen LogP contribution in [-0.2, 0) is 21.2 Å². The molecular weight excluding hydrogens is 384 g/mol. The molecule has 3 rings (SSSR count). The van der Waals surface area contributed by atoms with Crippen LogP contribution in [0.3, 0.4) is 0 Å². The molecule has 1 aromatic rings. The Hall–Kier alpha value is -1.54. The van der Waals surface area contributed by atoms with E-state index in [1.807, 2.05) is 43.0 Å². The molecule has 0 saturated carbocycles. The highest BCUT2D eigenvalue weighted by Gasteiger charge is 2.48. The Labute approximate surface area is 165 Å². The highest BCUT2D eigenvalue weighted by atomic mass is 32.2. The third kappa shape index (κ3) is 4.48. The SMILES string of the molecule is CCC(CC)C(=O)N=C1S[C@H]2CS(=O)(=O)C[C@H]2N1Cc1cccc(OC)c1. The zero-order valence-electron chi connectivity index (χ0n) is 15.9. The zero-order valence-corrected chi connectivity index (χ0v) is 17.6. The molecule has 0 aromatic heterocycles. The number of sulfone groups is 1. The van der Waals surface area contributed by atoms with Gasteiger partial charge in [0.25, 0.3) is 5.91 Å². The van der Waals surface area contributed by atoms with Crippen molar-refractivity contribution in [3.05, 3.63) is 29.8 Å². The number of aliphatic imine (C=N–C) groups is 1. The van der Waals surface area contributed by atoms with Gasteiger partial charge >= 0.3 is 0 Å². The van der Waals surface area contributed by atoms with Crippen molar-refractivity contribution in [1.29, 1.82) is 0 Å². The normalized spacial score (nSPS) is 25.2. The van der Waals surface area contributed by atoms with E-state index in [4.69, 9.17) is 4.74 Å². The lowest BCUT2D eigenvalue weighted by Gasteiger charge is -2.25. The van der Waals surface area contributed by atoms with Crippen LogP contribution in [0.4, 0.5) is 0 Å². The molecule has 0 N–H and O–H groups in total. The van der Waals surface area contributed by atoms with Gasteiger partial charge in [0.15, 0.2) is 15.0 Å². The van der Waals surface area contributed by atoms with E-state index >= 15 is 0 Å². The number of methoxy groups -OCH3 is 1. The van der Waals surface area contributed by atoms with Crippen LogP contribution in [0.2, 0.25) is 0 Å². The number of amidine groups is 1. The smallest absolute Gasteiger partial charge is 0.251 e. The number of carbonyl (C=O) groups excluding carboxylic acids is 1. The number of hydrogen-bond acceptors (Lipinski definition) is 5. The van der Waals surface area contributed by atoms with E-state index < -0.39 is 9.84 Å². The Morgan fingerprint density at radius 3 is 2.74 bits per heavy atom. The van der Waals surface area contributed by atoms with Gasteiger partial charge in [0.2, 0.25) is 0 Å². The highest BCUT2D eigenvalue weighted by Crippen LogP contribution is 2.39. The molecule has 6 nitrogen and oxygen atoms in total. The maximum Gasteiger partial charge on any atom is 0.251 e. The summed E-state index contributed by atoms with van der Waals surface area (Å²) in [6, 6.07) is 7.55. The van der Waals surface area contributed by atoms with Crippen LogP contribution in [0.1, 0.15) is 32.3 Å². The van der Waals surface area contributed by atoms with Crippen molar-refractivity contribution in [2.75, 3.05) is 18.6 Å². The molecule has 0 unspecified atom stereocenters. The van der Waals surface area contributed by atoms with Gasteiger partial charge in [-0.1, -0.05) is 37.7 Å². The monoisotopic (exact) mass is 410 g/mol. The molecule has 0 spiro atoms. The van der Waals surface area contributed by atoms with E-state index in [1.165, 1.54) is 11.8 Å². The van der Waals surface area contributed by atoms with Gasteiger partial charge in [-0.2, -0.15) is 4.99 Å². The number of hydrogen-bond donors (Lipinski definition) is 0. The molecule has 148 valence electrons. The Balaban J connectivity index is 1.89. The molecule has 27 heavy (non-hydrogen) atoms. The molecular formula is C19H26N2O4S2. The lowest BCUT2D eigenvalue weighted by atomic mass is 10.0. The predicted octanol–water partition coefficient (Wildman–Crippen LogP) is 2.73. The third-order valence-electron chi connectivity index (χ3n) is 5.20. The van der Waals surface area contributed by atoms with Crippen LogP contribution in [-0.4, -0.2) is 54.3 Å². The quantitative estimate of drug-likeness (QED) is 0.718. The first kappa shape index (κ1) is 20.2.